The van der Waals surface area contributed by atoms with Crippen LogP contribution in [0.2, 0.25) is 0 Å². The monoisotopic (exact) mass is 191 g/mol. The van der Waals surface area contributed by atoms with Gasteiger partial charge in [0.15, 0.2) is 0 Å². The minimum atomic E-state index is -0.239. The van der Waals surface area contributed by atoms with Gasteiger partial charge in [-0.3, -0.25) is 0 Å². The molecule has 0 aliphatic carbocycles. The normalized spacial score (nSPS) is 10.9. The number of hydrogen-bond acceptors (Lipinski definition) is 2. The number of aryl methyl sites for hydroxylation is 1. The van der Waals surface area contributed by atoms with Gasteiger partial charge < -0.3 is 4.52 Å². The molecule has 1 aromatic heterocycles. The second kappa shape index (κ2) is 3.70. The highest BCUT2D eigenvalue weighted by Crippen LogP contribution is 2.11. The van der Waals surface area contributed by atoms with Crippen molar-refractivity contribution in [3.05, 3.63) is 34.7 Å². The van der Waals surface area contributed by atoms with Crippen molar-refractivity contribution in [1.82, 2.24) is 4.74 Å². The van der Waals surface area contributed by atoms with Gasteiger partial charge in [0.2, 0.25) is 0 Å². The van der Waals surface area contributed by atoms with Crippen molar-refractivity contribution >= 4 is 10.9 Å². The molecule has 0 saturated heterocycles. The molecule has 0 fully saturated rings. The largest absolute Gasteiger partial charge is 0.365 e. The van der Waals surface area contributed by atoms with Crippen LogP contribution >= 0.6 is 0 Å². The molecule has 2 aromatic rings. The molecule has 3 heteroatoms. The standard InChI is InChI=1S/C11H13NO2/c1-2-3-8-12-10-7-5-4-6-9(10)11(13)14-12/h4-7H,2-3,8H2,1H3. The van der Waals surface area contributed by atoms with Crippen molar-refractivity contribution in [3.8, 4) is 0 Å². The third-order valence-corrected chi connectivity index (χ3v) is 2.30. The molecule has 0 bridgehead atoms. The van der Waals surface area contributed by atoms with Crippen molar-refractivity contribution in [2.45, 2.75) is 26.3 Å². The summed E-state index contributed by atoms with van der Waals surface area (Å²) >= 11 is 0. The van der Waals surface area contributed by atoms with Crippen LogP contribution in [0.5, 0.6) is 0 Å². The van der Waals surface area contributed by atoms with E-state index in [0.717, 1.165) is 24.9 Å². The summed E-state index contributed by atoms with van der Waals surface area (Å²) in [6.45, 7) is 2.89. The lowest BCUT2D eigenvalue weighted by atomic mass is 10.2. The first kappa shape index (κ1) is 9.06. The minimum Gasteiger partial charge on any atom is -0.335 e. The Morgan fingerprint density at radius 3 is 2.93 bits per heavy atom. The zero-order valence-electron chi connectivity index (χ0n) is 8.19. The molecule has 0 saturated carbocycles. The molecule has 14 heavy (non-hydrogen) atoms. The number of fused-ring (bicyclic) bond motifs is 1. The average molecular weight is 191 g/mol. The highest BCUT2D eigenvalue weighted by atomic mass is 16.5. The molecule has 1 heterocycles. The third kappa shape index (κ3) is 1.45. The summed E-state index contributed by atoms with van der Waals surface area (Å²) < 4.78 is 6.81. The van der Waals surface area contributed by atoms with Crippen LogP contribution in [0.4, 0.5) is 0 Å². The fraction of sp³-hybridized carbons (Fsp3) is 0.364. The van der Waals surface area contributed by atoms with Crippen LogP contribution < -0.4 is 5.63 Å². The van der Waals surface area contributed by atoms with Crippen LogP contribution in [0.1, 0.15) is 19.8 Å². The van der Waals surface area contributed by atoms with Crippen LogP contribution in [-0.2, 0) is 6.54 Å². The Labute approximate surface area is 81.9 Å². The number of aromatic nitrogens is 1. The summed E-state index contributed by atoms with van der Waals surface area (Å²) in [5.74, 6) is 0. The molecule has 0 radical (unpaired) electrons. The highest BCUT2D eigenvalue weighted by Gasteiger charge is 2.06. The number of unbranched alkanes of at least 4 members (excludes halogenated alkanes) is 1. The smallest absolute Gasteiger partial charge is 0.335 e. The number of rotatable bonds is 3. The van der Waals surface area contributed by atoms with Gasteiger partial charge in [0.05, 0.1) is 17.4 Å². The van der Waals surface area contributed by atoms with E-state index >= 15 is 0 Å². The van der Waals surface area contributed by atoms with Gasteiger partial charge in [0.1, 0.15) is 0 Å². The van der Waals surface area contributed by atoms with Crippen molar-refractivity contribution in [2.24, 2.45) is 0 Å². The summed E-state index contributed by atoms with van der Waals surface area (Å²) in [5.41, 5.74) is 0.655. The second-order valence-electron chi connectivity index (χ2n) is 3.35. The second-order valence-corrected chi connectivity index (χ2v) is 3.35. The van der Waals surface area contributed by atoms with Crippen molar-refractivity contribution in [2.75, 3.05) is 0 Å². The van der Waals surface area contributed by atoms with Crippen LogP contribution in [0.15, 0.2) is 33.6 Å². The van der Waals surface area contributed by atoms with Gasteiger partial charge in [-0.2, -0.15) is 0 Å². The van der Waals surface area contributed by atoms with Crippen LogP contribution in [0, 0.1) is 0 Å². The van der Waals surface area contributed by atoms with E-state index in [1.54, 1.807) is 10.8 Å². The van der Waals surface area contributed by atoms with Gasteiger partial charge in [0, 0.05) is 0 Å². The molecule has 1 aromatic carbocycles. The van der Waals surface area contributed by atoms with E-state index in [9.17, 15) is 4.79 Å². The molecule has 2 rings (SSSR count). The molecule has 0 unspecified atom stereocenters. The van der Waals surface area contributed by atoms with Gasteiger partial charge in [-0.05, 0) is 18.6 Å². The fourth-order valence-corrected chi connectivity index (χ4v) is 1.53. The minimum absolute atomic E-state index is 0.239. The van der Waals surface area contributed by atoms with Crippen LogP contribution in [0.3, 0.4) is 0 Å². The maximum Gasteiger partial charge on any atom is 0.365 e. The van der Waals surface area contributed by atoms with Crippen LogP contribution in [0.25, 0.3) is 10.9 Å². The van der Waals surface area contributed by atoms with E-state index in [-0.39, 0.29) is 5.63 Å². The Morgan fingerprint density at radius 1 is 1.36 bits per heavy atom. The van der Waals surface area contributed by atoms with Crippen molar-refractivity contribution in [1.29, 1.82) is 0 Å². The summed E-state index contributed by atoms with van der Waals surface area (Å²) in [4.78, 5) is 11.4. The lowest BCUT2D eigenvalue weighted by molar-refractivity contribution is 0.257. The Balaban J connectivity index is 2.50. The number of nitrogens with zero attached hydrogens (tertiary/aromatic N) is 1. The van der Waals surface area contributed by atoms with E-state index in [2.05, 4.69) is 6.92 Å². The molecular weight excluding hydrogens is 178 g/mol. The first-order chi connectivity index (χ1) is 6.83. The van der Waals surface area contributed by atoms with Crippen molar-refractivity contribution < 1.29 is 4.52 Å². The highest BCUT2D eigenvalue weighted by molar-refractivity contribution is 5.77. The molecule has 0 spiro atoms. The molecular formula is C11H13NO2. The molecule has 0 N–H and O–H groups in total. The van der Waals surface area contributed by atoms with E-state index in [1.165, 1.54) is 0 Å². The zero-order chi connectivity index (χ0) is 9.97. The molecule has 0 aliphatic heterocycles. The topological polar surface area (TPSA) is 35.1 Å². The number of para-hydroxylation sites is 1. The first-order valence-electron chi connectivity index (χ1n) is 4.92. The fourth-order valence-electron chi connectivity index (χ4n) is 1.53. The van der Waals surface area contributed by atoms with E-state index in [4.69, 9.17) is 4.52 Å². The molecule has 3 nitrogen and oxygen atoms in total. The predicted octanol–water partition coefficient (Wildman–Crippen LogP) is 2.39. The van der Waals surface area contributed by atoms with E-state index in [0.29, 0.717) is 5.39 Å². The molecule has 0 atom stereocenters. The number of benzene rings is 1. The van der Waals surface area contributed by atoms with Crippen molar-refractivity contribution in [3.63, 3.8) is 0 Å². The molecule has 74 valence electrons. The summed E-state index contributed by atoms with van der Waals surface area (Å²) in [6.07, 6.45) is 2.12. The number of hydrogen-bond donors (Lipinski definition) is 0. The third-order valence-electron chi connectivity index (χ3n) is 2.30. The lowest BCUT2D eigenvalue weighted by Crippen LogP contribution is -1.97. The summed E-state index contributed by atoms with van der Waals surface area (Å²) in [7, 11) is 0. The van der Waals surface area contributed by atoms with Gasteiger partial charge >= 0.3 is 5.63 Å². The molecule has 0 amide bonds. The Morgan fingerprint density at radius 2 is 2.14 bits per heavy atom. The van der Waals surface area contributed by atoms with E-state index < -0.39 is 0 Å². The lowest BCUT2D eigenvalue weighted by Gasteiger charge is -1.99. The summed E-state index contributed by atoms with van der Waals surface area (Å²) in [6, 6.07) is 7.47. The first-order valence-corrected chi connectivity index (χ1v) is 4.92. The predicted molar refractivity (Wildman–Crippen MR) is 55.4 cm³/mol. The SMILES string of the molecule is CCCCn1oc(=O)c2ccccc21. The maximum atomic E-state index is 11.4. The van der Waals surface area contributed by atoms with Gasteiger partial charge in [-0.25, -0.2) is 9.53 Å². The van der Waals surface area contributed by atoms with Crippen LogP contribution in [-0.4, -0.2) is 4.74 Å². The van der Waals surface area contributed by atoms with Gasteiger partial charge in [0.25, 0.3) is 0 Å². The Bertz CT molecular complexity index is 481. The maximum absolute atomic E-state index is 11.4. The zero-order valence-corrected chi connectivity index (χ0v) is 8.19. The average Bonchev–Trinajstić information content (AvgIpc) is 2.54. The Hall–Kier alpha value is -1.51. The van der Waals surface area contributed by atoms with Gasteiger partial charge in [-0.15, -0.1) is 0 Å². The quantitative estimate of drug-likeness (QED) is 0.746. The summed E-state index contributed by atoms with van der Waals surface area (Å²) in [5, 5.41) is 0.670. The van der Waals surface area contributed by atoms with E-state index in [1.807, 2.05) is 18.2 Å². The Kier molecular flexibility index (Phi) is 2.39. The van der Waals surface area contributed by atoms with Gasteiger partial charge in [-0.1, -0.05) is 25.5 Å². The molecule has 0 aliphatic rings.